The van der Waals surface area contributed by atoms with Gasteiger partial charge in [-0.2, -0.15) is 0 Å². The maximum absolute atomic E-state index is 12.9. The molecule has 1 aromatic carbocycles. The van der Waals surface area contributed by atoms with Crippen molar-refractivity contribution >= 4 is 17.7 Å². The van der Waals surface area contributed by atoms with E-state index in [2.05, 4.69) is 5.32 Å². The normalized spacial score (nSPS) is 18.7. The van der Waals surface area contributed by atoms with Crippen molar-refractivity contribution in [1.29, 1.82) is 0 Å². The third-order valence-electron chi connectivity index (χ3n) is 4.37. The summed E-state index contributed by atoms with van der Waals surface area (Å²) in [4.78, 5) is 28.9. The van der Waals surface area contributed by atoms with Crippen LogP contribution in [-0.2, 0) is 9.53 Å². The number of nitrogens with zero attached hydrogens (tertiary/aromatic N) is 2. The van der Waals surface area contributed by atoms with Crippen LogP contribution in [-0.4, -0.2) is 48.7 Å². The zero-order valence-corrected chi connectivity index (χ0v) is 17.4. The molecule has 0 bridgehead atoms. The molecule has 6 heteroatoms. The second kappa shape index (κ2) is 7.72. The standard InChI is InChI=1S/C21H31N3O3/c1-20(2,3)27-19(26)24-16-12-9-8-11-15(16)18(21(24,4)5)22-17(25)13-10-14-23(6)7/h8-13,18H,14H2,1-7H3,(H,22,25)/b13-10+. The van der Waals surface area contributed by atoms with E-state index in [0.717, 1.165) is 11.3 Å². The molecule has 1 N–H and O–H groups in total. The summed E-state index contributed by atoms with van der Waals surface area (Å²) in [6.07, 6.45) is 2.93. The highest BCUT2D eigenvalue weighted by atomic mass is 16.6. The van der Waals surface area contributed by atoms with Gasteiger partial charge in [0.2, 0.25) is 5.91 Å². The fraction of sp³-hybridized carbons (Fsp3) is 0.524. The molecular weight excluding hydrogens is 342 g/mol. The van der Waals surface area contributed by atoms with Gasteiger partial charge < -0.3 is 15.0 Å². The van der Waals surface area contributed by atoms with Crippen LogP contribution < -0.4 is 10.2 Å². The summed E-state index contributed by atoms with van der Waals surface area (Å²) in [7, 11) is 3.88. The van der Waals surface area contributed by atoms with Crippen molar-refractivity contribution in [1.82, 2.24) is 10.2 Å². The summed E-state index contributed by atoms with van der Waals surface area (Å²) in [5, 5.41) is 3.05. The van der Waals surface area contributed by atoms with Gasteiger partial charge in [0.1, 0.15) is 5.60 Å². The quantitative estimate of drug-likeness (QED) is 0.821. The molecule has 0 saturated carbocycles. The molecule has 0 aromatic heterocycles. The fourth-order valence-corrected chi connectivity index (χ4v) is 3.21. The summed E-state index contributed by atoms with van der Waals surface area (Å²) in [5.74, 6) is -0.184. The van der Waals surface area contributed by atoms with Crippen molar-refractivity contribution in [3.05, 3.63) is 42.0 Å². The lowest BCUT2D eigenvalue weighted by Gasteiger charge is -2.37. The molecular formula is C21H31N3O3. The molecule has 0 fully saturated rings. The number of carbonyl (C=O) groups excluding carboxylic acids is 2. The maximum Gasteiger partial charge on any atom is 0.415 e. The first-order valence-corrected chi connectivity index (χ1v) is 9.17. The first-order valence-electron chi connectivity index (χ1n) is 9.17. The number of nitrogens with one attached hydrogen (secondary N) is 1. The number of benzene rings is 1. The van der Waals surface area contributed by atoms with Crippen molar-refractivity contribution in [3.63, 3.8) is 0 Å². The number of hydrogen-bond acceptors (Lipinski definition) is 4. The minimum absolute atomic E-state index is 0.184. The Hall–Kier alpha value is -2.34. The molecule has 1 aliphatic rings. The number of anilines is 1. The second-order valence-corrected chi connectivity index (χ2v) is 8.63. The van der Waals surface area contributed by atoms with Gasteiger partial charge in [-0.3, -0.25) is 9.69 Å². The molecule has 1 heterocycles. The van der Waals surface area contributed by atoms with E-state index in [1.54, 1.807) is 4.90 Å². The summed E-state index contributed by atoms with van der Waals surface area (Å²) in [6.45, 7) is 10.1. The van der Waals surface area contributed by atoms with Crippen molar-refractivity contribution in [2.24, 2.45) is 0 Å². The number of rotatable bonds is 4. The molecule has 1 aromatic rings. The summed E-state index contributed by atoms with van der Waals surface area (Å²) < 4.78 is 5.61. The van der Waals surface area contributed by atoms with Crippen LogP contribution in [0.25, 0.3) is 0 Å². The zero-order valence-electron chi connectivity index (χ0n) is 17.4. The first-order chi connectivity index (χ1) is 12.4. The number of hydrogen-bond donors (Lipinski definition) is 1. The molecule has 27 heavy (non-hydrogen) atoms. The zero-order chi connectivity index (χ0) is 20.4. The average molecular weight is 373 g/mol. The third kappa shape index (κ3) is 4.89. The summed E-state index contributed by atoms with van der Waals surface area (Å²) in [6, 6.07) is 7.28. The third-order valence-corrected chi connectivity index (χ3v) is 4.37. The topological polar surface area (TPSA) is 61.9 Å². The van der Waals surface area contributed by atoms with Gasteiger partial charge in [-0.15, -0.1) is 0 Å². The Kier molecular flexibility index (Phi) is 6.00. The highest BCUT2D eigenvalue weighted by molar-refractivity contribution is 5.95. The molecule has 6 nitrogen and oxygen atoms in total. The number of likely N-dealkylation sites (N-methyl/N-ethyl adjacent to an activating group) is 1. The van der Waals surface area contributed by atoms with Gasteiger partial charge in [0.25, 0.3) is 0 Å². The molecule has 1 atom stereocenters. The number of carbonyl (C=O) groups is 2. The molecule has 0 aliphatic carbocycles. The lowest BCUT2D eigenvalue weighted by molar-refractivity contribution is -0.117. The average Bonchev–Trinajstić information content (AvgIpc) is 2.72. The molecule has 0 radical (unpaired) electrons. The van der Waals surface area contributed by atoms with Crippen LogP contribution >= 0.6 is 0 Å². The van der Waals surface area contributed by atoms with Crippen molar-refractivity contribution in [3.8, 4) is 0 Å². The van der Waals surface area contributed by atoms with Gasteiger partial charge >= 0.3 is 6.09 Å². The largest absolute Gasteiger partial charge is 0.443 e. The Balaban J connectivity index is 2.30. The van der Waals surface area contributed by atoms with Crippen LogP contribution in [0.3, 0.4) is 0 Å². The first kappa shape index (κ1) is 21.0. The SMILES string of the molecule is CN(C)C/C=C/C(=O)NC1c2ccccc2N(C(=O)OC(C)(C)C)C1(C)C. The Morgan fingerprint density at radius 1 is 1.26 bits per heavy atom. The highest BCUT2D eigenvalue weighted by Crippen LogP contribution is 2.46. The lowest BCUT2D eigenvalue weighted by atomic mass is 9.92. The van der Waals surface area contributed by atoms with Crippen molar-refractivity contribution in [2.75, 3.05) is 25.5 Å². The predicted molar refractivity (Wildman–Crippen MR) is 108 cm³/mol. The van der Waals surface area contributed by atoms with E-state index in [4.69, 9.17) is 4.74 Å². The fourth-order valence-electron chi connectivity index (χ4n) is 3.21. The van der Waals surface area contributed by atoms with E-state index >= 15 is 0 Å². The van der Waals surface area contributed by atoms with Crippen LogP contribution in [0.2, 0.25) is 0 Å². The van der Waals surface area contributed by atoms with E-state index in [-0.39, 0.29) is 11.9 Å². The number of fused-ring (bicyclic) bond motifs is 1. The molecule has 0 saturated heterocycles. The maximum atomic E-state index is 12.9. The molecule has 148 valence electrons. The van der Waals surface area contributed by atoms with E-state index in [9.17, 15) is 9.59 Å². The van der Waals surface area contributed by atoms with Crippen LogP contribution in [0.4, 0.5) is 10.5 Å². The van der Waals surface area contributed by atoms with Crippen molar-refractivity contribution < 1.29 is 14.3 Å². The number of para-hydroxylation sites is 1. The van der Waals surface area contributed by atoms with Crippen LogP contribution in [0.1, 0.15) is 46.2 Å². The molecule has 1 aliphatic heterocycles. The van der Waals surface area contributed by atoms with Gasteiger partial charge in [-0.1, -0.05) is 24.3 Å². The number of amides is 2. The molecule has 2 rings (SSSR count). The highest BCUT2D eigenvalue weighted by Gasteiger charge is 2.49. The van der Waals surface area contributed by atoms with Gasteiger partial charge in [-0.25, -0.2) is 4.79 Å². The van der Waals surface area contributed by atoms with Crippen LogP contribution in [0.5, 0.6) is 0 Å². The molecule has 0 spiro atoms. The second-order valence-electron chi connectivity index (χ2n) is 8.63. The van der Waals surface area contributed by atoms with Crippen LogP contribution in [0, 0.1) is 0 Å². The lowest BCUT2D eigenvalue weighted by Crippen LogP contribution is -2.52. The van der Waals surface area contributed by atoms with E-state index in [0.29, 0.717) is 6.54 Å². The van der Waals surface area contributed by atoms with E-state index in [1.807, 2.05) is 84.0 Å². The van der Waals surface area contributed by atoms with Gasteiger partial charge in [0, 0.05) is 18.2 Å². The Morgan fingerprint density at radius 3 is 2.48 bits per heavy atom. The minimum Gasteiger partial charge on any atom is -0.443 e. The van der Waals surface area contributed by atoms with Crippen molar-refractivity contribution in [2.45, 2.75) is 51.8 Å². The molecule has 1 unspecified atom stereocenters. The number of ether oxygens (including phenoxy) is 1. The Labute approximate surface area is 162 Å². The van der Waals surface area contributed by atoms with Gasteiger partial charge in [-0.05, 0) is 54.8 Å². The van der Waals surface area contributed by atoms with Gasteiger partial charge in [0.05, 0.1) is 17.3 Å². The predicted octanol–water partition coefficient (Wildman–Crippen LogP) is 3.50. The Morgan fingerprint density at radius 2 is 1.89 bits per heavy atom. The Bertz CT molecular complexity index is 732. The molecule has 2 amide bonds. The van der Waals surface area contributed by atoms with Gasteiger partial charge in [0.15, 0.2) is 0 Å². The summed E-state index contributed by atoms with van der Waals surface area (Å²) >= 11 is 0. The smallest absolute Gasteiger partial charge is 0.415 e. The van der Waals surface area contributed by atoms with E-state index < -0.39 is 17.2 Å². The monoisotopic (exact) mass is 373 g/mol. The summed E-state index contributed by atoms with van der Waals surface area (Å²) in [5.41, 5.74) is 0.400. The minimum atomic E-state index is -0.670. The van der Waals surface area contributed by atoms with Crippen LogP contribution in [0.15, 0.2) is 36.4 Å². The van der Waals surface area contributed by atoms with E-state index in [1.165, 1.54) is 6.08 Å².